The molecule has 0 bridgehead atoms. The Labute approximate surface area is 212 Å². The quantitative estimate of drug-likeness (QED) is 0.338. The molecule has 3 aromatic carbocycles. The van der Waals surface area contributed by atoms with Crippen LogP contribution in [0.25, 0.3) is 5.69 Å². The van der Waals surface area contributed by atoms with Gasteiger partial charge in [-0.15, -0.1) is 0 Å². The minimum absolute atomic E-state index is 0.190. The minimum Gasteiger partial charge on any atom is -0.490 e. The molecular weight excluding hydrogens is 474 g/mol. The third-order valence-corrected chi connectivity index (χ3v) is 5.99. The number of ether oxygens (including phenoxy) is 3. The Kier molecular flexibility index (Phi) is 6.51. The van der Waals surface area contributed by atoms with E-state index in [0.29, 0.717) is 52.9 Å². The number of rotatable bonds is 7. The molecule has 9 nitrogen and oxygen atoms in total. The van der Waals surface area contributed by atoms with Crippen LogP contribution in [0, 0.1) is 0 Å². The number of carbonyl (C=O) groups is 2. The van der Waals surface area contributed by atoms with Crippen molar-refractivity contribution in [3.05, 3.63) is 99.8 Å². The van der Waals surface area contributed by atoms with Crippen molar-refractivity contribution >= 4 is 17.6 Å². The van der Waals surface area contributed by atoms with Crippen LogP contribution in [0.15, 0.2) is 77.6 Å². The van der Waals surface area contributed by atoms with Crippen molar-refractivity contribution < 1.29 is 23.8 Å². The maximum absolute atomic E-state index is 13.6. The average Bonchev–Trinajstić information content (AvgIpc) is 3.18. The second kappa shape index (κ2) is 10.1. The number of fused-ring (bicyclic) bond motifs is 2. The summed E-state index contributed by atoms with van der Waals surface area (Å²) < 4.78 is 19.7. The normalized spacial score (nSPS) is 11.6. The number of nitrogens with one attached hydrogen (secondary N) is 1. The number of para-hydroxylation sites is 2. The summed E-state index contributed by atoms with van der Waals surface area (Å²) in [5, 5.41) is 2.81. The van der Waals surface area contributed by atoms with Gasteiger partial charge >= 0.3 is 5.97 Å². The van der Waals surface area contributed by atoms with Gasteiger partial charge in [0.1, 0.15) is 6.54 Å². The van der Waals surface area contributed by atoms with Crippen molar-refractivity contribution in [2.45, 2.75) is 19.9 Å². The number of aromatic nitrogens is 2. The lowest BCUT2D eigenvalue weighted by atomic mass is 10.0. The molecule has 0 saturated heterocycles. The van der Waals surface area contributed by atoms with E-state index in [1.807, 2.05) is 43.3 Å². The highest BCUT2D eigenvalue weighted by Gasteiger charge is 2.30. The van der Waals surface area contributed by atoms with Crippen LogP contribution in [0.3, 0.4) is 0 Å². The number of amides is 1. The van der Waals surface area contributed by atoms with Gasteiger partial charge in [0.15, 0.2) is 11.5 Å². The Morgan fingerprint density at radius 2 is 1.76 bits per heavy atom. The molecule has 1 aliphatic heterocycles. The summed E-state index contributed by atoms with van der Waals surface area (Å²) in [6, 6.07) is 21.0. The van der Waals surface area contributed by atoms with Crippen LogP contribution in [0.4, 0.5) is 5.69 Å². The predicted octanol–water partition coefficient (Wildman–Crippen LogP) is 4.16. The van der Waals surface area contributed by atoms with E-state index in [1.165, 1.54) is 16.5 Å². The van der Waals surface area contributed by atoms with Crippen LogP contribution in [-0.4, -0.2) is 35.0 Å². The molecule has 1 N–H and O–H groups in total. The molecule has 0 fully saturated rings. The average molecular weight is 500 g/mol. The first-order valence-corrected chi connectivity index (χ1v) is 11.8. The molecular formula is C28H25N3O6. The SMILES string of the molecule is CCOc1cccc2c1Oc1c(c(=O)n(-c3ccccc3)n1CC(=O)Nc1ccc(C(=O)OC)cc1)C2. The summed E-state index contributed by atoms with van der Waals surface area (Å²) in [6.07, 6.45) is 0.348. The van der Waals surface area contributed by atoms with Crippen molar-refractivity contribution in [1.29, 1.82) is 0 Å². The van der Waals surface area contributed by atoms with Crippen LogP contribution in [0.2, 0.25) is 0 Å². The number of anilines is 1. The van der Waals surface area contributed by atoms with Gasteiger partial charge in [-0.25, -0.2) is 14.2 Å². The molecule has 1 aliphatic rings. The summed E-state index contributed by atoms with van der Waals surface area (Å²) in [5.74, 6) is 0.569. The Balaban J connectivity index is 1.51. The van der Waals surface area contributed by atoms with Gasteiger partial charge in [0.25, 0.3) is 5.56 Å². The lowest BCUT2D eigenvalue weighted by Crippen LogP contribution is -2.27. The van der Waals surface area contributed by atoms with Crippen LogP contribution in [0.5, 0.6) is 17.4 Å². The fourth-order valence-electron chi connectivity index (χ4n) is 4.33. The van der Waals surface area contributed by atoms with E-state index in [0.717, 1.165) is 5.56 Å². The second-order valence-electron chi connectivity index (χ2n) is 8.37. The number of hydrogen-bond acceptors (Lipinski definition) is 6. The van der Waals surface area contributed by atoms with E-state index in [1.54, 1.807) is 36.4 Å². The summed E-state index contributed by atoms with van der Waals surface area (Å²) >= 11 is 0. The molecule has 0 radical (unpaired) electrons. The van der Waals surface area contributed by atoms with Crippen molar-refractivity contribution in [2.24, 2.45) is 0 Å². The number of methoxy groups -OCH3 is 1. The van der Waals surface area contributed by atoms with Crippen LogP contribution < -0.4 is 20.3 Å². The van der Waals surface area contributed by atoms with E-state index < -0.39 is 5.97 Å². The molecule has 0 aliphatic carbocycles. The molecule has 4 aromatic rings. The van der Waals surface area contributed by atoms with Gasteiger partial charge in [-0.3, -0.25) is 9.59 Å². The van der Waals surface area contributed by atoms with Crippen molar-refractivity contribution in [3.8, 4) is 23.1 Å². The zero-order chi connectivity index (χ0) is 25.9. The van der Waals surface area contributed by atoms with Crippen molar-refractivity contribution in [1.82, 2.24) is 9.36 Å². The standard InChI is InChI=1S/C28H25N3O6/c1-3-36-23-11-7-8-19-16-22-26(33)31(21-9-5-4-6-10-21)30(27(22)37-25(19)23)17-24(32)29-20-14-12-18(13-15-20)28(34)35-2/h4-15H,3,16-17H2,1-2H3,(H,29,32). The van der Waals surface area contributed by atoms with Gasteiger partial charge in [-0.1, -0.05) is 30.3 Å². The molecule has 1 aromatic heterocycles. The third-order valence-electron chi connectivity index (χ3n) is 5.99. The number of esters is 1. The molecule has 0 saturated carbocycles. The van der Waals surface area contributed by atoms with Gasteiger partial charge in [-0.05, 0) is 49.4 Å². The summed E-state index contributed by atoms with van der Waals surface area (Å²) in [5.41, 5.74) is 2.51. The van der Waals surface area contributed by atoms with Crippen molar-refractivity contribution in [2.75, 3.05) is 19.0 Å². The summed E-state index contributed by atoms with van der Waals surface area (Å²) in [6.45, 7) is 2.16. The first-order valence-electron chi connectivity index (χ1n) is 11.8. The van der Waals surface area contributed by atoms with Gasteiger partial charge in [0.2, 0.25) is 11.8 Å². The minimum atomic E-state index is -0.465. The first-order chi connectivity index (χ1) is 18.0. The molecule has 0 unspecified atom stereocenters. The van der Waals surface area contributed by atoms with Crippen LogP contribution in [0.1, 0.15) is 28.4 Å². The van der Waals surface area contributed by atoms with Gasteiger partial charge in [0, 0.05) is 17.7 Å². The lowest BCUT2D eigenvalue weighted by molar-refractivity contribution is -0.117. The number of nitrogens with zero attached hydrogens (tertiary/aromatic N) is 2. The predicted molar refractivity (Wildman–Crippen MR) is 137 cm³/mol. The second-order valence-corrected chi connectivity index (χ2v) is 8.37. The zero-order valence-electron chi connectivity index (χ0n) is 20.4. The van der Waals surface area contributed by atoms with Gasteiger partial charge in [0.05, 0.1) is 30.5 Å². The highest BCUT2D eigenvalue weighted by atomic mass is 16.5. The molecule has 1 amide bonds. The summed E-state index contributed by atoms with van der Waals surface area (Å²) in [4.78, 5) is 38.4. The highest BCUT2D eigenvalue weighted by molar-refractivity contribution is 5.93. The maximum Gasteiger partial charge on any atom is 0.337 e. The molecule has 9 heteroatoms. The molecule has 5 rings (SSSR count). The van der Waals surface area contributed by atoms with E-state index in [4.69, 9.17) is 14.2 Å². The fraction of sp³-hybridized carbons (Fsp3) is 0.179. The first kappa shape index (κ1) is 23.9. The van der Waals surface area contributed by atoms with Crippen molar-refractivity contribution in [3.63, 3.8) is 0 Å². The van der Waals surface area contributed by atoms with Crippen LogP contribution >= 0.6 is 0 Å². The monoisotopic (exact) mass is 499 g/mol. The maximum atomic E-state index is 13.6. The van der Waals surface area contributed by atoms with Gasteiger partial charge in [-0.2, -0.15) is 0 Å². The Bertz CT molecular complexity index is 1520. The number of benzene rings is 3. The van der Waals surface area contributed by atoms with E-state index in [9.17, 15) is 14.4 Å². The van der Waals surface area contributed by atoms with E-state index in [-0.39, 0.29) is 18.0 Å². The topological polar surface area (TPSA) is 101 Å². The molecule has 2 heterocycles. The molecule has 0 atom stereocenters. The lowest BCUT2D eigenvalue weighted by Gasteiger charge is -2.21. The zero-order valence-corrected chi connectivity index (χ0v) is 20.4. The molecule has 188 valence electrons. The van der Waals surface area contributed by atoms with Crippen LogP contribution in [-0.2, 0) is 22.5 Å². The van der Waals surface area contributed by atoms with E-state index >= 15 is 0 Å². The Morgan fingerprint density at radius 3 is 2.46 bits per heavy atom. The number of hydrogen-bond donors (Lipinski definition) is 1. The number of carbonyl (C=O) groups excluding carboxylic acids is 2. The molecule has 0 spiro atoms. The third kappa shape index (κ3) is 4.58. The van der Waals surface area contributed by atoms with Gasteiger partial charge < -0.3 is 19.5 Å². The Hall–Kier alpha value is -4.79. The largest absolute Gasteiger partial charge is 0.490 e. The summed E-state index contributed by atoms with van der Waals surface area (Å²) in [7, 11) is 1.31. The van der Waals surface area contributed by atoms with E-state index in [2.05, 4.69) is 5.32 Å². The highest BCUT2D eigenvalue weighted by Crippen LogP contribution is 2.42. The smallest absolute Gasteiger partial charge is 0.337 e. The Morgan fingerprint density at radius 1 is 1.00 bits per heavy atom. The molecule has 37 heavy (non-hydrogen) atoms. The fourth-order valence-corrected chi connectivity index (χ4v) is 4.33.